The van der Waals surface area contributed by atoms with Gasteiger partial charge in [-0.15, -0.1) is 0 Å². The maximum Gasteiger partial charge on any atom is 0.306 e. The van der Waals surface area contributed by atoms with Gasteiger partial charge in [0.15, 0.2) is 16.6 Å². The van der Waals surface area contributed by atoms with E-state index >= 15 is 0 Å². The topological polar surface area (TPSA) is 116 Å². The Kier molecular flexibility index (Phi) is 13.8. The van der Waals surface area contributed by atoms with Gasteiger partial charge in [0.1, 0.15) is 12.4 Å². The quantitative estimate of drug-likeness (QED) is 0.198. The van der Waals surface area contributed by atoms with Gasteiger partial charge in [-0.1, -0.05) is 23.9 Å². The molecule has 11 heteroatoms. The second kappa shape index (κ2) is 18.0. The molecule has 10 nitrogen and oxygen atoms in total. The van der Waals surface area contributed by atoms with Gasteiger partial charge >= 0.3 is 5.97 Å². The third kappa shape index (κ3) is 10.9. The van der Waals surface area contributed by atoms with E-state index < -0.39 is 0 Å². The van der Waals surface area contributed by atoms with E-state index in [1.54, 1.807) is 14.0 Å². The summed E-state index contributed by atoms with van der Waals surface area (Å²) in [5, 5.41) is 3.44. The van der Waals surface area contributed by atoms with E-state index in [0.29, 0.717) is 55.8 Å². The fourth-order valence-electron chi connectivity index (χ4n) is 5.96. The predicted octanol–water partition coefficient (Wildman–Crippen LogP) is 5.03. The number of methoxy groups -OCH3 is 2. The van der Waals surface area contributed by atoms with Crippen molar-refractivity contribution < 1.29 is 33.3 Å². The van der Waals surface area contributed by atoms with Crippen LogP contribution in [-0.4, -0.2) is 86.3 Å². The monoisotopic (exact) mass is 641 g/mol. The summed E-state index contributed by atoms with van der Waals surface area (Å²) in [6, 6.07) is 9.99. The first kappa shape index (κ1) is 34.6. The number of likely N-dealkylation sites (tertiary alicyclic amines) is 1. The molecule has 1 unspecified atom stereocenters. The van der Waals surface area contributed by atoms with Gasteiger partial charge in [0.2, 0.25) is 5.91 Å². The summed E-state index contributed by atoms with van der Waals surface area (Å²) in [6.45, 7) is 5.17. The first-order valence-corrected chi connectivity index (χ1v) is 16.9. The van der Waals surface area contributed by atoms with Gasteiger partial charge in [0.05, 0.1) is 33.9 Å². The summed E-state index contributed by atoms with van der Waals surface area (Å²) >= 11 is 1.24. The van der Waals surface area contributed by atoms with Gasteiger partial charge in [0.25, 0.3) is 0 Å². The van der Waals surface area contributed by atoms with E-state index in [-0.39, 0.29) is 29.3 Å². The lowest BCUT2D eigenvalue weighted by atomic mass is 9.82. The molecule has 1 saturated heterocycles. The number of thioether (sulfide) groups is 1. The molecule has 2 aromatic rings. The van der Waals surface area contributed by atoms with Crippen LogP contribution in [0.1, 0.15) is 68.2 Å². The lowest BCUT2D eigenvalue weighted by Gasteiger charge is -2.34. The third-order valence-corrected chi connectivity index (χ3v) is 9.23. The smallest absolute Gasteiger partial charge is 0.306 e. The molecular weight excluding hydrogens is 594 g/mol. The number of fused-ring (bicyclic) bond motifs is 1. The van der Waals surface area contributed by atoms with Gasteiger partial charge in [0, 0.05) is 44.4 Å². The molecule has 1 aromatic heterocycles. The zero-order valence-electron chi connectivity index (χ0n) is 26.8. The summed E-state index contributed by atoms with van der Waals surface area (Å²) in [4.78, 5) is 43.1. The molecule has 45 heavy (non-hydrogen) atoms. The number of piperidine rings is 1. The van der Waals surface area contributed by atoms with Crippen molar-refractivity contribution in [2.75, 3.05) is 64.7 Å². The zero-order valence-corrected chi connectivity index (χ0v) is 27.6. The zero-order chi connectivity index (χ0) is 32.0. The van der Waals surface area contributed by atoms with Crippen molar-refractivity contribution in [2.45, 2.75) is 64.2 Å². The second-order valence-electron chi connectivity index (χ2n) is 11.6. The number of hydrogen-bond acceptors (Lipinski definition) is 10. The van der Waals surface area contributed by atoms with Crippen molar-refractivity contribution in [1.82, 2.24) is 9.88 Å². The molecule has 4 rings (SSSR count). The van der Waals surface area contributed by atoms with Crippen LogP contribution in [-0.2, 0) is 36.7 Å². The number of anilines is 1. The summed E-state index contributed by atoms with van der Waals surface area (Å²) in [6.07, 6.45) is 6.17. The molecule has 1 fully saturated rings. The van der Waals surface area contributed by atoms with Gasteiger partial charge in [-0.3, -0.25) is 14.4 Å². The number of carbonyl (C=O) groups excluding carboxylic acids is 3. The minimum Gasteiger partial charge on any atom is -0.493 e. The molecule has 0 radical (unpaired) electrons. The highest BCUT2D eigenvalue weighted by atomic mass is 32.2. The van der Waals surface area contributed by atoms with Crippen molar-refractivity contribution in [3.63, 3.8) is 0 Å². The van der Waals surface area contributed by atoms with Crippen LogP contribution in [0.5, 0.6) is 11.5 Å². The van der Waals surface area contributed by atoms with Gasteiger partial charge in [-0.05, 0) is 79.7 Å². The van der Waals surface area contributed by atoms with Crippen molar-refractivity contribution in [1.29, 1.82) is 0 Å². The lowest BCUT2D eigenvalue weighted by molar-refractivity contribution is -0.141. The van der Waals surface area contributed by atoms with E-state index in [0.717, 1.165) is 68.8 Å². The first-order valence-electron chi connectivity index (χ1n) is 15.9. The number of benzene rings is 1. The van der Waals surface area contributed by atoms with E-state index in [2.05, 4.69) is 17.4 Å². The molecule has 1 aromatic carbocycles. The fourth-order valence-corrected chi connectivity index (χ4v) is 6.45. The fraction of sp³-hybridized carbons (Fsp3) is 0.588. The van der Waals surface area contributed by atoms with E-state index in [4.69, 9.17) is 23.9 Å². The molecule has 3 heterocycles. The van der Waals surface area contributed by atoms with Crippen LogP contribution < -0.4 is 14.8 Å². The maximum absolute atomic E-state index is 13.0. The van der Waals surface area contributed by atoms with Crippen LogP contribution in [0.2, 0.25) is 0 Å². The minimum atomic E-state index is -0.252. The van der Waals surface area contributed by atoms with E-state index in [1.807, 2.05) is 23.1 Å². The van der Waals surface area contributed by atoms with Crippen LogP contribution in [0, 0.1) is 5.92 Å². The molecule has 1 amide bonds. The van der Waals surface area contributed by atoms with Gasteiger partial charge in [-0.2, -0.15) is 0 Å². The van der Waals surface area contributed by atoms with Crippen molar-refractivity contribution >= 4 is 34.6 Å². The number of carbonyl (C=O) groups is 3. The van der Waals surface area contributed by atoms with Crippen LogP contribution >= 0.6 is 11.8 Å². The van der Waals surface area contributed by atoms with E-state index in [1.165, 1.54) is 24.4 Å². The van der Waals surface area contributed by atoms with Crippen molar-refractivity contribution in [2.24, 2.45) is 5.92 Å². The maximum atomic E-state index is 13.0. The second-order valence-corrected chi connectivity index (χ2v) is 12.9. The van der Waals surface area contributed by atoms with Crippen LogP contribution in [0.3, 0.4) is 0 Å². The van der Waals surface area contributed by atoms with Crippen LogP contribution in [0.25, 0.3) is 0 Å². The number of esters is 1. The molecular formula is C34H47N3O7S. The number of aromatic nitrogens is 1. The first-order chi connectivity index (χ1) is 21.9. The lowest BCUT2D eigenvalue weighted by Crippen LogP contribution is -2.39. The molecule has 2 aliphatic rings. The molecule has 1 atom stereocenters. The average molecular weight is 642 g/mol. The van der Waals surface area contributed by atoms with Gasteiger partial charge in [-0.25, -0.2) is 4.98 Å². The van der Waals surface area contributed by atoms with Crippen molar-refractivity contribution in [3.05, 3.63) is 47.2 Å². The Morgan fingerprint density at radius 1 is 1.07 bits per heavy atom. The number of nitrogens with one attached hydrogen (secondary N) is 1. The Morgan fingerprint density at radius 3 is 2.64 bits per heavy atom. The Bertz CT molecular complexity index is 1280. The van der Waals surface area contributed by atoms with Crippen molar-refractivity contribution in [3.8, 4) is 11.5 Å². The number of hydrogen-bond donors (Lipinski definition) is 1. The average Bonchev–Trinajstić information content (AvgIpc) is 3.06. The Hall–Kier alpha value is -3.31. The highest BCUT2D eigenvalue weighted by Gasteiger charge is 2.27. The van der Waals surface area contributed by atoms with E-state index in [9.17, 15) is 14.4 Å². The number of ether oxygens (including phenoxy) is 4. The predicted molar refractivity (Wildman–Crippen MR) is 175 cm³/mol. The highest BCUT2D eigenvalue weighted by Crippen LogP contribution is 2.37. The Labute approximate surface area is 270 Å². The molecule has 0 bridgehead atoms. The molecule has 0 saturated carbocycles. The summed E-state index contributed by atoms with van der Waals surface area (Å²) in [5.41, 5.74) is 3.20. The molecule has 246 valence electrons. The standard InChI is InChI=1S/C34H47N3O7S/c1-24(38)45-20-19-43-17-18-44-30-10-7-27(22-31(30)41-2)28(23-33(40)42-3)21-25-12-15-37(16-13-25)32(39)11-9-29-8-6-26-5-4-14-35-34(26)36-29/h6-8,10,22,25,28H,4-5,9,11-21,23H2,1-3H3,(H,35,36). The Morgan fingerprint density at radius 2 is 1.89 bits per heavy atom. The number of amides is 1. The SMILES string of the molecule is COC(=O)CC(CC1CCN(C(=O)CCc2ccc3c(n2)NCCC3)CC1)c1ccc(OCCOCCSC(C)=O)c(OC)c1. The summed E-state index contributed by atoms with van der Waals surface area (Å²) < 4.78 is 22.1. The van der Waals surface area contributed by atoms with Gasteiger partial charge < -0.3 is 29.2 Å². The van der Waals surface area contributed by atoms with Crippen LogP contribution in [0.4, 0.5) is 5.82 Å². The molecule has 0 aliphatic carbocycles. The summed E-state index contributed by atoms with van der Waals surface area (Å²) in [7, 11) is 3.01. The number of pyridine rings is 1. The minimum absolute atomic E-state index is 0.0431. The summed E-state index contributed by atoms with van der Waals surface area (Å²) in [5.74, 6) is 3.06. The molecule has 1 N–H and O–H groups in total. The highest BCUT2D eigenvalue weighted by molar-refractivity contribution is 8.13. The third-order valence-electron chi connectivity index (χ3n) is 8.45. The largest absolute Gasteiger partial charge is 0.493 e. The Balaban J connectivity index is 1.27. The number of rotatable bonds is 16. The number of nitrogens with zero attached hydrogens (tertiary/aromatic N) is 2. The molecule has 2 aliphatic heterocycles. The molecule has 0 spiro atoms. The normalized spacial score (nSPS) is 15.5. The van der Waals surface area contributed by atoms with Crippen LogP contribution in [0.15, 0.2) is 30.3 Å². The number of aryl methyl sites for hydroxylation is 2.